The van der Waals surface area contributed by atoms with Gasteiger partial charge in [-0.25, -0.2) is 0 Å². The summed E-state index contributed by atoms with van der Waals surface area (Å²) >= 11 is 0. The average Bonchev–Trinajstić information content (AvgIpc) is 3.09. The Bertz CT molecular complexity index is 277. The van der Waals surface area contributed by atoms with Crippen LogP contribution in [0.5, 0.6) is 0 Å². The average molecular weight is 241 g/mol. The van der Waals surface area contributed by atoms with E-state index in [1.807, 2.05) is 6.92 Å². The summed E-state index contributed by atoms with van der Waals surface area (Å²) in [6.45, 7) is 6.05. The Morgan fingerprint density at radius 3 is 2.47 bits per heavy atom. The van der Waals surface area contributed by atoms with E-state index in [4.69, 9.17) is 0 Å². The van der Waals surface area contributed by atoms with Crippen LogP contribution in [0.15, 0.2) is 0 Å². The van der Waals surface area contributed by atoms with Crippen molar-refractivity contribution < 1.29 is 9.59 Å². The zero-order valence-electron chi connectivity index (χ0n) is 10.9. The van der Waals surface area contributed by atoms with Crippen molar-refractivity contribution in [3.05, 3.63) is 0 Å². The van der Waals surface area contributed by atoms with Crippen LogP contribution >= 0.6 is 0 Å². The largest absolute Gasteiger partial charge is 0.352 e. The second kappa shape index (κ2) is 6.59. The molecule has 0 aromatic rings. The van der Waals surface area contributed by atoms with Crippen LogP contribution in [0.4, 0.5) is 0 Å². The summed E-state index contributed by atoms with van der Waals surface area (Å²) in [4.78, 5) is 23.1. The van der Waals surface area contributed by atoms with Gasteiger partial charge in [0.15, 0.2) is 0 Å². The van der Waals surface area contributed by atoms with Crippen LogP contribution in [0.2, 0.25) is 0 Å². The van der Waals surface area contributed by atoms with E-state index in [2.05, 4.69) is 22.9 Å². The molecule has 0 aromatic heterocycles. The number of rotatable bonds is 7. The van der Waals surface area contributed by atoms with Gasteiger partial charge in [0.05, 0.1) is 6.54 Å². The topological polar surface area (TPSA) is 70.2 Å². The lowest BCUT2D eigenvalue weighted by Crippen LogP contribution is -2.48. The quantitative estimate of drug-likeness (QED) is 0.594. The molecule has 0 aliphatic heterocycles. The normalized spacial score (nSPS) is 18.3. The van der Waals surface area contributed by atoms with E-state index in [1.165, 1.54) is 0 Å². The lowest BCUT2D eigenvalue weighted by molar-refractivity contribution is -0.128. The van der Waals surface area contributed by atoms with Crippen LogP contribution in [0.25, 0.3) is 0 Å². The number of carbonyl (C=O) groups is 2. The predicted molar refractivity (Wildman–Crippen MR) is 66.5 cm³/mol. The highest BCUT2D eigenvalue weighted by molar-refractivity contribution is 5.88. The summed E-state index contributed by atoms with van der Waals surface area (Å²) in [6.07, 6.45) is 3.09. The summed E-state index contributed by atoms with van der Waals surface area (Å²) < 4.78 is 0. The third kappa shape index (κ3) is 5.68. The second-order valence-corrected chi connectivity index (χ2v) is 4.76. The fourth-order valence-electron chi connectivity index (χ4n) is 1.32. The Morgan fingerprint density at radius 2 is 1.94 bits per heavy atom. The van der Waals surface area contributed by atoms with E-state index in [9.17, 15) is 9.59 Å². The molecule has 1 saturated carbocycles. The molecule has 2 unspecified atom stereocenters. The first kappa shape index (κ1) is 14.0. The molecule has 1 fully saturated rings. The maximum absolute atomic E-state index is 11.6. The monoisotopic (exact) mass is 241 g/mol. The molecule has 1 aliphatic carbocycles. The summed E-state index contributed by atoms with van der Waals surface area (Å²) in [7, 11) is 0. The van der Waals surface area contributed by atoms with Gasteiger partial charge in [-0.15, -0.1) is 0 Å². The number of hydrogen-bond acceptors (Lipinski definition) is 3. The minimum atomic E-state index is -0.457. The summed E-state index contributed by atoms with van der Waals surface area (Å²) in [5, 5.41) is 8.63. The predicted octanol–water partition coefficient (Wildman–Crippen LogP) is 0.158. The molecule has 0 aromatic carbocycles. The zero-order valence-corrected chi connectivity index (χ0v) is 10.9. The minimum Gasteiger partial charge on any atom is -0.352 e. The first-order chi connectivity index (χ1) is 8.02. The van der Waals surface area contributed by atoms with Crippen molar-refractivity contribution in [2.45, 2.75) is 58.2 Å². The van der Waals surface area contributed by atoms with Crippen LogP contribution in [0.3, 0.4) is 0 Å². The van der Waals surface area contributed by atoms with Crippen molar-refractivity contribution in [2.75, 3.05) is 6.54 Å². The van der Waals surface area contributed by atoms with E-state index >= 15 is 0 Å². The van der Waals surface area contributed by atoms with Gasteiger partial charge in [-0.1, -0.05) is 6.92 Å². The van der Waals surface area contributed by atoms with Crippen LogP contribution in [-0.2, 0) is 9.59 Å². The van der Waals surface area contributed by atoms with Gasteiger partial charge >= 0.3 is 0 Å². The maximum Gasteiger partial charge on any atom is 0.242 e. The fraction of sp³-hybridized carbons (Fsp3) is 0.833. The Morgan fingerprint density at radius 1 is 1.29 bits per heavy atom. The molecule has 1 rings (SSSR count). The van der Waals surface area contributed by atoms with Crippen molar-refractivity contribution in [1.29, 1.82) is 0 Å². The molecule has 5 nitrogen and oxygen atoms in total. The van der Waals surface area contributed by atoms with E-state index < -0.39 is 6.04 Å². The van der Waals surface area contributed by atoms with Gasteiger partial charge in [-0.2, -0.15) is 0 Å². The SMILES string of the molecule is CCC(C)NCC(=O)NC(C)C(=O)NC1CC1. The molecule has 0 heterocycles. The molecule has 17 heavy (non-hydrogen) atoms. The third-order valence-electron chi connectivity index (χ3n) is 2.92. The number of nitrogens with one attached hydrogen (secondary N) is 3. The molecular formula is C12H23N3O2. The number of amides is 2. The molecular weight excluding hydrogens is 218 g/mol. The summed E-state index contributed by atoms with van der Waals surface area (Å²) in [6, 6.07) is 0.193. The summed E-state index contributed by atoms with van der Waals surface area (Å²) in [5.41, 5.74) is 0. The van der Waals surface area contributed by atoms with Gasteiger partial charge in [-0.3, -0.25) is 9.59 Å². The van der Waals surface area contributed by atoms with Gasteiger partial charge < -0.3 is 16.0 Å². The fourth-order valence-corrected chi connectivity index (χ4v) is 1.32. The standard InChI is InChI=1S/C12H23N3O2/c1-4-8(2)13-7-11(16)14-9(3)12(17)15-10-5-6-10/h8-10,13H,4-7H2,1-3H3,(H,14,16)(H,15,17). The van der Waals surface area contributed by atoms with Gasteiger partial charge in [0, 0.05) is 12.1 Å². The molecule has 0 spiro atoms. The highest BCUT2D eigenvalue weighted by Crippen LogP contribution is 2.18. The third-order valence-corrected chi connectivity index (χ3v) is 2.92. The van der Waals surface area contributed by atoms with Crippen LogP contribution < -0.4 is 16.0 Å². The molecule has 0 radical (unpaired) electrons. The Balaban J connectivity index is 2.17. The maximum atomic E-state index is 11.6. The van der Waals surface area contributed by atoms with Crippen molar-refractivity contribution in [1.82, 2.24) is 16.0 Å². The molecule has 5 heteroatoms. The lowest BCUT2D eigenvalue weighted by Gasteiger charge is -2.15. The second-order valence-electron chi connectivity index (χ2n) is 4.76. The van der Waals surface area contributed by atoms with Crippen molar-refractivity contribution in [3.63, 3.8) is 0 Å². The number of hydrogen-bond donors (Lipinski definition) is 3. The Kier molecular flexibility index (Phi) is 5.41. The minimum absolute atomic E-state index is 0.0932. The molecule has 1 aliphatic rings. The van der Waals surface area contributed by atoms with E-state index in [1.54, 1.807) is 6.92 Å². The van der Waals surface area contributed by atoms with Gasteiger partial charge in [0.1, 0.15) is 6.04 Å². The molecule has 3 N–H and O–H groups in total. The van der Waals surface area contributed by atoms with Crippen LogP contribution in [0.1, 0.15) is 40.0 Å². The molecule has 0 saturated heterocycles. The first-order valence-electron chi connectivity index (χ1n) is 6.36. The highest BCUT2D eigenvalue weighted by atomic mass is 16.2. The van der Waals surface area contributed by atoms with Crippen molar-refractivity contribution in [2.24, 2.45) is 0 Å². The Hall–Kier alpha value is -1.10. The van der Waals surface area contributed by atoms with Crippen molar-refractivity contribution in [3.8, 4) is 0 Å². The van der Waals surface area contributed by atoms with E-state index in [-0.39, 0.29) is 18.4 Å². The van der Waals surface area contributed by atoms with Gasteiger partial charge in [-0.05, 0) is 33.1 Å². The van der Waals surface area contributed by atoms with E-state index in [0.717, 1.165) is 19.3 Å². The first-order valence-corrected chi connectivity index (χ1v) is 6.36. The zero-order chi connectivity index (χ0) is 12.8. The molecule has 2 atom stereocenters. The van der Waals surface area contributed by atoms with Crippen molar-refractivity contribution >= 4 is 11.8 Å². The molecule has 2 amide bonds. The van der Waals surface area contributed by atoms with E-state index in [0.29, 0.717) is 12.1 Å². The number of carbonyl (C=O) groups excluding carboxylic acids is 2. The summed E-state index contributed by atoms with van der Waals surface area (Å²) in [5.74, 6) is -0.229. The molecule has 0 bridgehead atoms. The van der Waals surface area contributed by atoms with Gasteiger partial charge in [0.2, 0.25) is 11.8 Å². The lowest BCUT2D eigenvalue weighted by atomic mass is 10.2. The van der Waals surface area contributed by atoms with Crippen LogP contribution in [0, 0.1) is 0 Å². The van der Waals surface area contributed by atoms with Crippen LogP contribution in [-0.4, -0.2) is 36.5 Å². The molecule has 98 valence electrons. The smallest absolute Gasteiger partial charge is 0.242 e. The highest BCUT2D eigenvalue weighted by Gasteiger charge is 2.26. The van der Waals surface area contributed by atoms with Gasteiger partial charge in [0.25, 0.3) is 0 Å². The Labute approximate surface area is 103 Å².